The second kappa shape index (κ2) is 7.80. The summed E-state index contributed by atoms with van der Waals surface area (Å²) >= 11 is 4.83. The Balaban J connectivity index is 1.61. The zero-order chi connectivity index (χ0) is 20.6. The average Bonchev–Trinajstić information content (AvgIpc) is 2.93. The summed E-state index contributed by atoms with van der Waals surface area (Å²) < 4.78 is 10.7. The molecule has 6 nitrogen and oxygen atoms in total. The molecule has 154 valence electrons. The van der Waals surface area contributed by atoms with E-state index in [0.717, 1.165) is 43.4 Å². The number of benzene rings is 2. The molecule has 2 aliphatic heterocycles. The van der Waals surface area contributed by atoms with E-state index in [1.54, 1.807) is 12.0 Å². The van der Waals surface area contributed by atoms with E-state index in [2.05, 4.69) is 34.1 Å². The number of carbonyl (C=O) groups excluding carboxylic acids is 1. The van der Waals surface area contributed by atoms with E-state index >= 15 is 0 Å². The smallest absolute Gasteiger partial charge is 0.254 e. The predicted molar refractivity (Wildman–Crippen MR) is 119 cm³/mol. The molecule has 2 fully saturated rings. The number of hydrogen-bond acceptors (Lipinski definition) is 6. The molecule has 7 heteroatoms. The van der Waals surface area contributed by atoms with E-state index in [1.165, 1.54) is 5.69 Å². The third kappa shape index (κ3) is 3.53. The Bertz CT molecular complexity index is 864. The number of carbonyl (C=O) groups is 1. The van der Waals surface area contributed by atoms with E-state index in [9.17, 15) is 4.79 Å². The Morgan fingerprint density at radius 2 is 1.52 bits per heavy atom. The first-order valence-electron chi connectivity index (χ1n) is 9.81. The molecule has 0 saturated carbocycles. The molecule has 2 aromatic carbocycles. The number of nitrogens with zero attached hydrogens (tertiary/aromatic N) is 3. The summed E-state index contributed by atoms with van der Waals surface area (Å²) in [5, 5.41) is 0. The van der Waals surface area contributed by atoms with Gasteiger partial charge in [-0.15, -0.1) is 12.6 Å². The van der Waals surface area contributed by atoms with Crippen LogP contribution >= 0.6 is 12.6 Å². The van der Waals surface area contributed by atoms with E-state index in [0.29, 0.717) is 0 Å². The Morgan fingerprint density at radius 3 is 2.10 bits per heavy atom. The number of rotatable bonds is 4. The van der Waals surface area contributed by atoms with Crippen molar-refractivity contribution in [1.29, 1.82) is 0 Å². The predicted octanol–water partition coefficient (Wildman–Crippen LogP) is 3.38. The van der Waals surface area contributed by atoms with Crippen molar-refractivity contribution in [2.75, 3.05) is 48.1 Å². The summed E-state index contributed by atoms with van der Waals surface area (Å²) in [4.78, 5) is 19.4. The maximum atomic E-state index is 13.3. The van der Waals surface area contributed by atoms with Crippen LogP contribution in [0.4, 0.5) is 17.1 Å². The van der Waals surface area contributed by atoms with Gasteiger partial charge in [0.25, 0.3) is 5.91 Å². The van der Waals surface area contributed by atoms with E-state index in [1.807, 2.05) is 38.1 Å². The van der Waals surface area contributed by atoms with Crippen LogP contribution in [-0.2, 0) is 9.53 Å². The summed E-state index contributed by atoms with van der Waals surface area (Å²) in [7, 11) is 1.63. The van der Waals surface area contributed by atoms with Gasteiger partial charge in [0, 0.05) is 30.2 Å². The van der Waals surface area contributed by atoms with Gasteiger partial charge in [0.15, 0.2) is 5.50 Å². The van der Waals surface area contributed by atoms with Crippen molar-refractivity contribution >= 4 is 35.6 Å². The Kier molecular flexibility index (Phi) is 5.36. The molecule has 0 bridgehead atoms. The fourth-order valence-electron chi connectivity index (χ4n) is 4.00. The second-order valence-corrected chi connectivity index (χ2v) is 8.23. The standard InChI is InChI=1S/C22H27N3O3S/c1-22(2)20(26)24(17-8-10-19(27-3)11-9-17)21(29)25(22)18-6-4-16(5-7-18)23-12-14-28-15-13-23/h4-11,21,29H,12-15H2,1-3H3. The molecule has 2 saturated heterocycles. The number of methoxy groups -OCH3 is 1. The SMILES string of the molecule is COc1ccc(N2C(=O)C(C)(C)N(c3ccc(N4CCOCC4)cc3)C2S)cc1. The van der Waals surface area contributed by atoms with Crippen LogP contribution in [0.5, 0.6) is 5.75 Å². The van der Waals surface area contributed by atoms with Crippen molar-refractivity contribution in [3.05, 3.63) is 48.5 Å². The number of hydrogen-bond donors (Lipinski definition) is 1. The van der Waals surface area contributed by atoms with E-state index < -0.39 is 11.0 Å². The molecule has 4 rings (SSSR count). The zero-order valence-corrected chi connectivity index (χ0v) is 17.9. The van der Waals surface area contributed by atoms with Crippen LogP contribution < -0.4 is 19.4 Å². The maximum Gasteiger partial charge on any atom is 0.254 e. The molecule has 2 aromatic rings. The topological polar surface area (TPSA) is 45.2 Å². The molecule has 2 heterocycles. The first-order chi connectivity index (χ1) is 13.9. The lowest BCUT2D eigenvalue weighted by molar-refractivity contribution is -0.120. The molecule has 29 heavy (non-hydrogen) atoms. The normalized spacial score (nSPS) is 21.6. The van der Waals surface area contributed by atoms with Crippen molar-refractivity contribution in [1.82, 2.24) is 0 Å². The van der Waals surface area contributed by atoms with Crippen LogP contribution in [0.3, 0.4) is 0 Å². The lowest BCUT2D eigenvalue weighted by Crippen LogP contribution is -2.45. The van der Waals surface area contributed by atoms with Gasteiger partial charge < -0.3 is 19.3 Å². The maximum absolute atomic E-state index is 13.3. The zero-order valence-electron chi connectivity index (χ0n) is 17.0. The van der Waals surface area contributed by atoms with Crippen molar-refractivity contribution in [2.24, 2.45) is 0 Å². The van der Waals surface area contributed by atoms with Gasteiger partial charge >= 0.3 is 0 Å². The highest BCUT2D eigenvalue weighted by Crippen LogP contribution is 2.40. The Morgan fingerprint density at radius 1 is 0.966 bits per heavy atom. The summed E-state index contributed by atoms with van der Waals surface area (Å²) in [5.41, 5.74) is 1.82. The van der Waals surface area contributed by atoms with Gasteiger partial charge in [0.2, 0.25) is 0 Å². The molecule has 0 spiro atoms. The molecule has 0 aromatic heterocycles. The van der Waals surface area contributed by atoms with E-state index in [-0.39, 0.29) is 5.91 Å². The van der Waals surface area contributed by atoms with Crippen LogP contribution in [0.1, 0.15) is 13.8 Å². The van der Waals surface area contributed by atoms with Gasteiger partial charge in [-0.1, -0.05) is 0 Å². The highest BCUT2D eigenvalue weighted by molar-refractivity contribution is 7.81. The first-order valence-corrected chi connectivity index (χ1v) is 10.3. The number of amides is 1. The van der Waals surface area contributed by atoms with Gasteiger partial charge in [-0.25, -0.2) is 0 Å². The van der Waals surface area contributed by atoms with Gasteiger partial charge in [-0.2, -0.15) is 0 Å². The van der Waals surface area contributed by atoms with Crippen LogP contribution in [-0.4, -0.2) is 50.4 Å². The lowest BCUT2D eigenvalue weighted by Gasteiger charge is -2.34. The van der Waals surface area contributed by atoms with Crippen LogP contribution in [0.25, 0.3) is 0 Å². The number of morpholine rings is 1. The van der Waals surface area contributed by atoms with Crippen molar-refractivity contribution in [2.45, 2.75) is 24.9 Å². The molecular weight excluding hydrogens is 386 g/mol. The summed E-state index contributed by atoms with van der Waals surface area (Å²) in [5.74, 6) is 0.769. The second-order valence-electron chi connectivity index (χ2n) is 7.76. The number of anilines is 3. The third-order valence-electron chi connectivity index (χ3n) is 5.66. The summed E-state index contributed by atoms with van der Waals surface area (Å²) in [6.45, 7) is 7.19. The van der Waals surface area contributed by atoms with E-state index in [4.69, 9.17) is 22.1 Å². The van der Waals surface area contributed by atoms with Crippen LogP contribution in [0.2, 0.25) is 0 Å². The minimum atomic E-state index is -0.715. The first kappa shape index (κ1) is 19.9. The van der Waals surface area contributed by atoms with Crippen LogP contribution in [0.15, 0.2) is 48.5 Å². The molecule has 1 amide bonds. The molecule has 0 radical (unpaired) electrons. The van der Waals surface area contributed by atoms with Gasteiger partial charge in [-0.05, 0) is 62.4 Å². The minimum absolute atomic E-state index is 0.0138. The molecule has 0 N–H and O–H groups in total. The van der Waals surface area contributed by atoms with Gasteiger partial charge in [0.1, 0.15) is 11.3 Å². The Labute approximate surface area is 177 Å². The highest BCUT2D eigenvalue weighted by Gasteiger charge is 2.51. The fraction of sp³-hybridized carbons (Fsp3) is 0.409. The quantitative estimate of drug-likeness (QED) is 0.779. The fourth-order valence-corrected chi connectivity index (χ4v) is 4.66. The largest absolute Gasteiger partial charge is 0.497 e. The Hall–Kier alpha value is -2.38. The van der Waals surface area contributed by atoms with Crippen molar-refractivity contribution < 1.29 is 14.3 Å². The number of thiol groups is 1. The third-order valence-corrected chi connectivity index (χ3v) is 6.12. The van der Waals surface area contributed by atoms with Crippen molar-refractivity contribution in [3.8, 4) is 5.75 Å². The highest BCUT2D eigenvalue weighted by atomic mass is 32.1. The monoisotopic (exact) mass is 413 g/mol. The molecule has 0 aliphatic carbocycles. The molecule has 1 unspecified atom stereocenters. The minimum Gasteiger partial charge on any atom is -0.497 e. The van der Waals surface area contributed by atoms with Gasteiger partial charge in [-0.3, -0.25) is 9.69 Å². The number of ether oxygens (including phenoxy) is 2. The summed E-state index contributed by atoms with van der Waals surface area (Å²) in [6, 6.07) is 15.9. The lowest BCUT2D eigenvalue weighted by atomic mass is 10.0. The van der Waals surface area contributed by atoms with Crippen LogP contribution in [0, 0.1) is 0 Å². The van der Waals surface area contributed by atoms with Crippen molar-refractivity contribution in [3.63, 3.8) is 0 Å². The molecule has 2 aliphatic rings. The summed E-state index contributed by atoms with van der Waals surface area (Å²) in [6.07, 6.45) is 0. The molecular formula is C22H27N3O3S. The average molecular weight is 414 g/mol. The molecule has 1 atom stereocenters. The van der Waals surface area contributed by atoms with Gasteiger partial charge in [0.05, 0.1) is 20.3 Å².